The van der Waals surface area contributed by atoms with E-state index in [4.69, 9.17) is 0 Å². The van der Waals surface area contributed by atoms with Crippen LogP contribution in [-0.4, -0.2) is 47.9 Å². The van der Waals surface area contributed by atoms with Crippen molar-refractivity contribution in [3.05, 3.63) is 12.4 Å². The number of nitrogens with zero attached hydrogens (tertiary/aromatic N) is 3. The van der Waals surface area contributed by atoms with Crippen molar-refractivity contribution in [1.29, 1.82) is 0 Å². The molecular weight excluding hydrogens is 325 g/mol. The van der Waals surface area contributed by atoms with E-state index in [0.29, 0.717) is 0 Å². The van der Waals surface area contributed by atoms with Gasteiger partial charge in [0.15, 0.2) is 0 Å². The number of anilines is 1. The number of nitrogens with one attached hydrogen (secondary N) is 2. The molecule has 0 radical (unpaired) electrons. The summed E-state index contributed by atoms with van der Waals surface area (Å²) >= 11 is 0. The van der Waals surface area contributed by atoms with E-state index < -0.39 is 0 Å². The predicted molar refractivity (Wildman–Crippen MR) is 92.1 cm³/mol. The molecule has 2 aliphatic rings. The zero-order chi connectivity index (χ0) is 13.9. The molecule has 3 rings (SSSR count). The Bertz CT molecular complexity index is 476. The van der Waals surface area contributed by atoms with E-state index in [-0.39, 0.29) is 42.7 Å². The van der Waals surface area contributed by atoms with E-state index in [1.54, 1.807) is 0 Å². The largest absolute Gasteiger partial charge is 0.367 e. The van der Waals surface area contributed by atoms with Crippen molar-refractivity contribution < 1.29 is 4.79 Å². The Morgan fingerprint density at radius 3 is 2.86 bits per heavy atom. The van der Waals surface area contributed by atoms with Crippen LogP contribution in [0.4, 0.5) is 5.69 Å². The second-order valence-electron chi connectivity index (χ2n) is 5.86. The van der Waals surface area contributed by atoms with Crippen LogP contribution in [0.3, 0.4) is 0 Å². The molecule has 1 aromatic rings. The first-order chi connectivity index (χ1) is 9.72. The summed E-state index contributed by atoms with van der Waals surface area (Å²) in [4.78, 5) is 14.5. The lowest BCUT2D eigenvalue weighted by atomic mass is 10.0. The van der Waals surface area contributed by atoms with E-state index >= 15 is 0 Å². The number of carbonyl (C=O) groups is 1. The van der Waals surface area contributed by atoms with Gasteiger partial charge in [-0.25, -0.2) is 0 Å². The molecule has 0 spiro atoms. The van der Waals surface area contributed by atoms with Crippen LogP contribution < -0.4 is 15.5 Å². The number of piperidine rings is 1. The molecule has 2 saturated heterocycles. The third-order valence-electron chi connectivity index (χ3n) is 4.26. The zero-order valence-electron chi connectivity index (χ0n) is 12.8. The van der Waals surface area contributed by atoms with Gasteiger partial charge in [0.2, 0.25) is 5.91 Å². The molecule has 2 atom stereocenters. The van der Waals surface area contributed by atoms with Gasteiger partial charge in [0.05, 0.1) is 17.8 Å². The Kier molecular flexibility index (Phi) is 7.45. The summed E-state index contributed by atoms with van der Waals surface area (Å²) < 4.78 is 1.82. The molecule has 22 heavy (non-hydrogen) atoms. The number of halogens is 2. The summed E-state index contributed by atoms with van der Waals surface area (Å²) in [7, 11) is 1.93. The summed E-state index contributed by atoms with van der Waals surface area (Å²) in [5.41, 5.74) is 1.15. The zero-order valence-corrected chi connectivity index (χ0v) is 14.5. The fourth-order valence-corrected chi connectivity index (χ4v) is 3.10. The average molecular weight is 350 g/mol. The normalized spacial score (nSPS) is 24.3. The Labute approximate surface area is 143 Å². The molecule has 0 aliphatic carbocycles. The van der Waals surface area contributed by atoms with Gasteiger partial charge in [-0.3, -0.25) is 9.48 Å². The maximum Gasteiger partial charge on any atom is 0.224 e. The number of hydrogen-bond acceptors (Lipinski definition) is 4. The van der Waals surface area contributed by atoms with E-state index in [2.05, 4.69) is 20.6 Å². The first-order valence-electron chi connectivity index (χ1n) is 7.47. The lowest BCUT2D eigenvalue weighted by Gasteiger charge is -2.34. The maximum atomic E-state index is 12.2. The average Bonchev–Trinajstić information content (AvgIpc) is 3.10. The SMILES string of the molecule is Cl.Cl.Cn1cc(N2CCCC(NC(=O)C3CCNC3)C2)cn1. The molecule has 2 N–H and O–H groups in total. The number of aromatic nitrogens is 2. The molecule has 2 unspecified atom stereocenters. The highest BCUT2D eigenvalue weighted by molar-refractivity contribution is 5.85. The van der Waals surface area contributed by atoms with Crippen molar-refractivity contribution in [2.45, 2.75) is 25.3 Å². The van der Waals surface area contributed by atoms with Crippen LogP contribution in [0.5, 0.6) is 0 Å². The van der Waals surface area contributed by atoms with Gasteiger partial charge in [0.25, 0.3) is 0 Å². The first-order valence-corrected chi connectivity index (χ1v) is 7.47. The highest BCUT2D eigenvalue weighted by atomic mass is 35.5. The predicted octanol–water partition coefficient (Wildman–Crippen LogP) is 0.958. The molecule has 0 aromatic carbocycles. The van der Waals surface area contributed by atoms with Gasteiger partial charge in [0.1, 0.15) is 0 Å². The number of rotatable bonds is 3. The maximum absolute atomic E-state index is 12.2. The molecular formula is C14H25Cl2N5O. The van der Waals surface area contributed by atoms with Gasteiger partial charge >= 0.3 is 0 Å². The summed E-state index contributed by atoms with van der Waals surface area (Å²) in [6.07, 6.45) is 7.08. The number of amides is 1. The van der Waals surface area contributed by atoms with Gasteiger partial charge in [-0.2, -0.15) is 5.10 Å². The third kappa shape index (κ3) is 4.51. The molecule has 1 amide bonds. The summed E-state index contributed by atoms with van der Waals surface area (Å²) in [5, 5.41) is 10.7. The Balaban J connectivity index is 0.00000121. The molecule has 3 heterocycles. The van der Waals surface area contributed by atoms with Crippen molar-refractivity contribution in [3.8, 4) is 0 Å². The smallest absolute Gasteiger partial charge is 0.224 e. The molecule has 0 saturated carbocycles. The van der Waals surface area contributed by atoms with E-state index in [9.17, 15) is 4.79 Å². The Morgan fingerprint density at radius 2 is 2.23 bits per heavy atom. The van der Waals surface area contributed by atoms with Crippen LogP contribution in [-0.2, 0) is 11.8 Å². The lowest BCUT2D eigenvalue weighted by Crippen LogP contribution is -2.49. The minimum absolute atomic E-state index is 0. The van der Waals surface area contributed by atoms with Crippen LogP contribution in [0.25, 0.3) is 0 Å². The molecule has 0 bridgehead atoms. The fraction of sp³-hybridized carbons (Fsp3) is 0.714. The second-order valence-corrected chi connectivity index (χ2v) is 5.86. The van der Waals surface area contributed by atoms with Gasteiger partial charge in [0, 0.05) is 38.9 Å². The van der Waals surface area contributed by atoms with Gasteiger partial charge in [-0.1, -0.05) is 0 Å². The monoisotopic (exact) mass is 349 g/mol. The van der Waals surface area contributed by atoms with Crippen molar-refractivity contribution in [2.75, 3.05) is 31.1 Å². The van der Waals surface area contributed by atoms with Gasteiger partial charge < -0.3 is 15.5 Å². The van der Waals surface area contributed by atoms with Crippen LogP contribution in [0.15, 0.2) is 12.4 Å². The Hall–Kier alpha value is -0.980. The molecule has 8 heteroatoms. The Morgan fingerprint density at radius 1 is 1.41 bits per heavy atom. The van der Waals surface area contributed by atoms with Crippen molar-refractivity contribution in [2.24, 2.45) is 13.0 Å². The minimum Gasteiger partial charge on any atom is -0.367 e. The standard InChI is InChI=1S/C14H23N5O.2ClH/c1-18-10-13(8-16-18)19-6-2-3-12(9-19)17-14(20)11-4-5-15-7-11;;/h8,10-12,15H,2-7,9H2,1H3,(H,17,20);2*1H. The van der Waals surface area contributed by atoms with Crippen molar-refractivity contribution in [3.63, 3.8) is 0 Å². The van der Waals surface area contributed by atoms with E-state index in [1.807, 2.05) is 24.1 Å². The fourth-order valence-electron chi connectivity index (χ4n) is 3.10. The molecule has 1 aromatic heterocycles. The van der Waals surface area contributed by atoms with Gasteiger partial charge in [-0.15, -0.1) is 24.8 Å². The molecule has 2 aliphatic heterocycles. The highest BCUT2D eigenvalue weighted by Crippen LogP contribution is 2.19. The molecule has 2 fully saturated rings. The molecule has 126 valence electrons. The third-order valence-corrected chi connectivity index (χ3v) is 4.26. The highest BCUT2D eigenvalue weighted by Gasteiger charge is 2.27. The summed E-state index contributed by atoms with van der Waals surface area (Å²) in [5.74, 6) is 0.372. The van der Waals surface area contributed by atoms with E-state index in [1.165, 1.54) is 0 Å². The summed E-state index contributed by atoms with van der Waals surface area (Å²) in [6.45, 7) is 3.72. The molecule has 6 nitrogen and oxygen atoms in total. The van der Waals surface area contributed by atoms with Crippen LogP contribution in [0.2, 0.25) is 0 Å². The minimum atomic E-state index is 0. The lowest BCUT2D eigenvalue weighted by molar-refractivity contribution is -0.125. The number of aryl methyl sites for hydroxylation is 1. The van der Waals surface area contributed by atoms with Crippen LogP contribution in [0.1, 0.15) is 19.3 Å². The van der Waals surface area contributed by atoms with E-state index in [0.717, 1.165) is 51.1 Å². The topological polar surface area (TPSA) is 62.2 Å². The quantitative estimate of drug-likeness (QED) is 0.853. The van der Waals surface area contributed by atoms with Crippen molar-refractivity contribution >= 4 is 36.4 Å². The summed E-state index contributed by atoms with van der Waals surface area (Å²) in [6, 6.07) is 0.261. The second kappa shape index (κ2) is 8.60. The van der Waals surface area contributed by atoms with Gasteiger partial charge in [-0.05, 0) is 25.8 Å². The number of carbonyl (C=O) groups excluding carboxylic acids is 1. The van der Waals surface area contributed by atoms with Crippen molar-refractivity contribution in [1.82, 2.24) is 20.4 Å². The van der Waals surface area contributed by atoms with Crippen LogP contribution in [0, 0.1) is 5.92 Å². The number of hydrogen-bond donors (Lipinski definition) is 2. The first kappa shape index (κ1) is 19.1. The van der Waals surface area contributed by atoms with Crippen LogP contribution >= 0.6 is 24.8 Å².